The van der Waals surface area contributed by atoms with Crippen LogP contribution in [-0.2, 0) is 16.1 Å². The van der Waals surface area contributed by atoms with Crippen molar-refractivity contribution in [2.75, 3.05) is 26.7 Å². The third kappa shape index (κ3) is 4.93. The van der Waals surface area contributed by atoms with Gasteiger partial charge in [0.2, 0.25) is 0 Å². The van der Waals surface area contributed by atoms with Crippen molar-refractivity contribution in [2.24, 2.45) is 10.9 Å². The highest BCUT2D eigenvalue weighted by atomic mass is 79.9. The molecule has 0 atom stereocenters. The number of nitrogens with zero attached hydrogens (tertiary/aromatic N) is 2. The normalized spacial score (nSPS) is 16.2. The highest BCUT2D eigenvalue weighted by Gasteiger charge is 2.27. The smallest absolute Gasteiger partial charge is 0.309 e. The van der Waals surface area contributed by atoms with Gasteiger partial charge >= 0.3 is 5.97 Å². The molecule has 0 amide bonds. The molecule has 7 heteroatoms. The molecule has 1 aromatic carbocycles. The van der Waals surface area contributed by atoms with Gasteiger partial charge in [0.25, 0.3) is 0 Å². The molecule has 132 valence electrons. The molecule has 1 saturated heterocycles. The SMILES string of the molecule is CCOC(=O)C1CCN(C(=NC)NCc2ccc(Br)cc2F)CC1. The maximum Gasteiger partial charge on any atom is 0.309 e. The summed E-state index contributed by atoms with van der Waals surface area (Å²) in [5.74, 6) is 0.313. The summed E-state index contributed by atoms with van der Waals surface area (Å²) < 4.78 is 19.7. The first-order valence-corrected chi connectivity index (χ1v) is 8.90. The number of guanidine groups is 1. The number of rotatable bonds is 4. The van der Waals surface area contributed by atoms with Crippen LogP contribution in [-0.4, -0.2) is 43.6 Å². The minimum Gasteiger partial charge on any atom is -0.466 e. The molecule has 1 aliphatic heterocycles. The zero-order valence-corrected chi connectivity index (χ0v) is 15.6. The van der Waals surface area contributed by atoms with Crippen molar-refractivity contribution >= 4 is 27.9 Å². The number of halogens is 2. The molecule has 1 aromatic rings. The summed E-state index contributed by atoms with van der Waals surface area (Å²) in [6, 6.07) is 5.00. The van der Waals surface area contributed by atoms with E-state index in [-0.39, 0.29) is 17.7 Å². The fraction of sp³-hybridized carbons (Fsp3) is 0.529. The summed E-state index contributed by atoms with van der Waals surface area (Å²) in [7, 11) is 1.71. The highest BCUT2D eigenvalue weighted by molar-refractivity contribution is 9.10. The van der Waals surface area contributed by atoms with E-state index in [2.05, 4.69) is 31.1 Å². The lowest BCUT2D eigenvalue weighted by atomic mass is 9.97. The van der Waals surface area contributed by atoms with Crippen LogP contribution in [0.3, 0.4) is 0 Å². The Balaban J connectivity index is 1.88. The number of nitrogens with one attached hydrogen (secondary N) is 1. The number of piperidine rings is 1. The number of ether oxygens (including phenoxy) is 1. The first-order chi connectivity index (χ1) is 11.5. The minimum atomic E-state index is -0.256. The van der Waals surface area contributed by atoms with Crippen LogP contribution in [0.4, 0.5) is 4.39 Å². The molecule has 1 heterocycles. The summed E-state index contributed by atoms with van der Waals surface area (Å²) >= 11 is 3.25. The molecule has 0 aliphatic carbocycles. The van der Waals surface area contributed by atoms with E-state index in [4.69, 9.17) is 4.74 Å². The van der Waals surface area contributed by atoms with Gasteiger partial charge in [0, 0.05) is 36.7 Å². The van der Waals surface area contributed by atoms with E-state index < -0.39 is 0 Å². The van der Waals surface area contributed by atoms with E-state index in [0.717, 1.165) is 31.9 Å². The largest absolute Gasteiger partial charge is 0.466 e. The van der Waals surface area contributed by atoms with Crippen LogP contribution in [0.2, 0.25) is 0 Å². The monoisotopic (exact) mass is 399 g/mol. The van der Waals surface area contributed by atoms with Crippen LogP contribution >= 0.6 is 15.9 Å². The Kier molecular flexibility index (Phi) is 7.02. The predicted molar refractivity (Wildman–Crippen MR) is 95.2 cm³/mol. The number of benzene rings is 1. The van der Waals surface area contributed by atoms with Crippen molar-refractivity contribution in [3.63, 3.8) is 0 Å². The number of hydrogen-bond donors (Lipinski definition) is 1. The third-order valence-corrected chi connectivity index (χ3v) is 4.57. The van der Waals surface area contributed by atoms with Crippen LogP contribution in [0.15, 0.2) is 27.7 Å². The van der Waals surface area contributed by atoms with Gasteiger partial charge in [-0.05, 0) is 31.9 Å². The van der Waals surface area contributed by atoms with Crippen LogP contribution in [0.5, 0.6) is 0 Å². The van der Waals surface area contributed by atoms with Crippen LogP contribution in [0, 0.1) is 11.7 Å². The molecule has 2 rings (SSSR count). The topological polar surface area (TPSA) is 53.9 Å². The lowest BCUT2D eigenvalue weighted by Gasteiger charge is -2.33. The Morgan fingerprint density at radius 3 is 2.75 bits per heavy atom. The Labute approximate surface area is 150 Å². The Hall–Kier alpha value is -1.63. The lowest BCUT2D eigenvalue weighted by Crippen LogP contribution is -2.46. The van der Waals surface area contributed by atoms with Gasteiger partial charge in [0.1, 0.15) is 5.82 Å². The molecule has 24 heavy (non-hydrogen) atoms. The fourth-order valence-corrected chi connectivity index (χ4v) is 3.09. The van der Waals surface area contributed by atoms with Gasteiger partial charge in [-0.25, -0.2) is 4.39 Å². The van der Waals surface area contributed by atoms with Crippen molar-refractivity contribution in [3.8, 4) is 0 Å². The van der Waals surface area contributed by atoms with Gasteiger partial charge < -0.3 is 15.0 Å². The van der Waals surface area contributed by atoms with Crippen molar-refractivity contribution < 1.29 is 13.9 Å². The average Bonchev–Trinajstić information content (AvgIpc) is 2.58. The number of hydrogen-bond acceptors (Lipinski definition) is 3. The fourth-order valence-electron chi connectivity index (χ4n) is 2.76. The maximum absolute atomic E-state index is 13.9. The molecule has 0 unspecified atom stereocenters. The summed E-state index contributed by atoms with van der Waals surface area (Å²) in [6.07, 6.45) is 1.48. The lowest BCUT2D eigenvalue weighted by molar-refractivity contribution is -0.149. The predicted octanol–water partition coefficient (Wildman–Crippen LogP) is 2.94. The third-order valence-electron chi connectivity index (χ3n) is 4.08. The number of esters is 1. The summed E-state index contributed by atoms with van der Waals surface area (Å²) in [5.41, 5.74) is 0.584. The zero-order valence-electron chi connectivity index (χ0n) is 14.0. The Bertz CT molecular complexity index is 601. The molecule has 1 aliphatic rings. The first kappa shape index (κ1) is 18.7. The van der Waals surface area contributed by atoms with Gasteiger partial charge in [-0.2, -0.15) is 0 Å². The van der Waals surface area contributed by atoms with Gasteiger partial charge in [-0.1, -0.05) is 22.0 Å². The molecule has 0 saturated carbocycles. The number of carbonyl (C=O) groups is 1. The van der Waals surface area contributed by atoms with Crippen LogP contribution in [0.1, 0.15) is 25.3 Å². The highest BCUT2D eigenvalue weighted by Crippen LogP contribution is 2.19. The molecule has 1 N–H and O–H groups in total. The molecule has 0 spiro atoms. The number of aliphatic imine (C=N–C) groups is 1. The average molecular weight is 400 g/mol. The quantitative estimate of drug-likeness (QED) is 0.480. The number of carbonyl (C=O) groups excluding carboxylic acids is 1. The van der Waals surface area contributed by atoms with Crippen LogP contribution in [0.25, 0.3) is 0 Å². The maximum atomic E-state index is 13.9. The molecule has 0 bridgehead atoms. The second kappa shape index (κ2) is 9.01. The first-order valence-electron chi connectivity index (χ1n) is 8.11. The van der Waals surface area contributed by atoms with E-state index in [9.17, 15) is 9.18 Å². The van der Waals surface area contributed by atoms with Crippen LogP contribution < -0.4 is 5.32 Å². The minimum absolute atomic E-state index is 0.0387. The van der Waals surface area contributed by atoms with Crippen molar-refractivity contribution in [1.82, 2.24) is 10.2 Å². The summed E-state index contributed by atoms with van der Waals surface area (Å²) in [6.45, 7) is 4.06. The second-order valence-corrected chi connectivity index (χ2v) is 6.57. The van der Waals surface area contributed by atoms with Gasteiger partial charge in [0.05, 0.1) is 12.5 Å². The van der Waals surface area contributed by atoms with Crippen molar-refractivity contribution in [2.45, 2.75) is 26.3 Å². The van der Waals surface area contributed by atoms with E-state index >= 15 is 0 Å². The molecular weight excluding hydrogens is 377 g/mol. The Morgan fingerprint density at radius 2 is 2.17 bits per heavy atom. The van der Waals surface area contributed by atoms with Gasteiger partial charge in [0.15, 0.2) is 5.96 Å². The molecule has 1 fully saturated rings. The summed E-state index contributed by atoms with van der Waals surface area (Å²) in [4.78, 5) is 18.1. The molecule has 0 aromatic heterocycles. The second-order valence-electron chi connectivity index (χ2n) is 5.65. The number of likely N-dealkylation sites (tertiary alicyclic amines) is 1. The molecule has 5 nitrogen and oxygen atoms in total. The van der Waals surface area contributed by atoms with Crippen molar-refractivity contribution in [1.29, 1.82) is 0 Å². The van der Waals surface area contributed by atoms with E-state index in [1.165, 1.54) is 6.07 Å². The van der Waals surface area contributed by atoms with Gasteiger partial charge in [-0.15, -0.1) is 0 Å². The molecular formula is C17H23BrFN3O2. The van der Waals surface area contributed by atoms with E-state index in [0.29, 0.717) is 23.2 Å². The zero-order chi connectivity index (χ0) is 17.5. The van der Waals surface area contributed by atoms with Gasteiger partial charge in [-0.3, -0.25) is 9.79 Å². The van der Waals surface area contributed by atoms with Crippen molar-refractivity contribution in [3.05, 3.63) is 34.1 Å². The standard InChI is InChI=1S/C17H23BrFN3O2/c1-3-24-16(23)12-6-8-22(9-7-12)17(20-2)21-11-13-4-5-14(18)10-15(13)19/h4-5,10,12H,3,6-9,11H2,1-2H3,(H,20,21). The van der Waals surface area contributed by atoms with E-state index in [1.54, 1.807) is 13.1 Å². The van der Waals surface area contributed by atoms with E-state index in [1.807, 2.05) is 13.0 Å². The molecule has 0 radical (unpaired) electrons. The Morgan fingerprint density at radius 1 is 1.46 bits per heavy atom. The summed E-state index contributed by atoms with van der Waals surface area (Å²) in [5, 5.41) is 3.19.